The summed E-state index contributed by atoms with van der Waals surface area (Å²) < 4.78 is 5.64. The van der Waals surface area contributed by atoms with Gasteiger partial charge in [0.05, 0.1) is 6.10 Å². The normalized spacial score (nSPS) is 23.0. The van der Waals surface area contributed by atoms with Crippen molar-refractivity contribution in [3.8, 4) is 0 Å². The third-order valence-electron chi connectivity index (χ3n) is 2.60. The van der Waals surface area contributed by atoms with E-state index in [0.29, 0.717) is 6.10 Å². The molecule has 0 saturated carbocycles. The van der Waals surface area contributed by atoms with Gasteiger partial charge in [0.1, 0.15) is 0 Å². The van der Waals surface area contributed by atoms with Crippen molar-refractivity contribution in [1.82, 2.24) is 10.6 Å². The largest absolute Gasteiger partial charge is 0.377 e. The van der Waals surface area contributed by atoms with Gasteiger partial charge in [-0.1, -0.05) is 0 Å². The average molecular weight is 214 g/mol. The van der Waals surface area contributed by atoms with E-state index in [4.69, 9.17) is 4.74 Å². The van der Waals surface area contributed by atoms with Crippen LogP contribution < -0.4 is 10.6 Å². The molecule has 90 valence electrons. The summed E-state index contributed by atoms with van der Waals surface area (Å²) in [5.41, 5.74) is 0.225. The van der Waals surface area contributed by atoms with Crippen LogP contribution in [0.3, 0.4) is 0 Å². The van der Waals surface area contributed by atoms with E-state index in [-0.39, 0.29) is 5.54 Å². The Labute approximate surface area is 94.0 Å². The van der Waals surface area contributed by atoms with Crippen molar-refractivity contribution in [2.24, 2.45) is 0 Å². The second-order valence-electron chi connectivity index (χ2n) is 5.37. The Morgan fingerprint density at radius 1 is 1.20 bits per heavy atom. The number of rotatable bonds is 5. The van der Waals surface area contributed by atoms with Gasteiger partial charge in [-0.05, 0) is 40.0 Å². The van der Waals surface area contributed by atoms with Gasteiger partial charge in [-0.3, -0.25) is 0 Å². The molecule has 1 unspecified atom stereocenters. The lowest BCUT2D eigenvalue weighted by Crippen LogP contribution is -2.41. The van der Waals surface area contributed by atoms with E-state index in [1.807, 2.05) is 0 Å². The highest BCUT2D eigenvalue weighted by Crippen LogP contribution is 2.11. The van der Waals surface area contributed by atoms with Crippen molar-refractivity contribution in [2.75, 3.05) is 26.2 Å². The molecule has 1 rings (SSSR count). The van der Waals surface area contributed by atoms with Crippen LogP contribution >= 0.6 is 0 Å². The smallest absolute Gasteiger partial charge is 0.0699 e. The molecule has 2 N–H and O–H groups in total. The molecule has 0 amide bonds. The van der Waals surface area contributed by atoms with Crippen molar-refractivity contribution in [3.63, 3.8) is 0 Å². The molecular formula is C12H26N2O. The molecule has 1 aliphatic heterocycles. The molecule has 0 aromatic rings. The lowest BCUT2D eigenvalue weighted by Gasteiger charge is -2.24. The maximum atomic E-state index is 5.64. The van der Waals surface area contributed by atoms with Gasteiger partial charge in [-0.25, -0.2) is 0 Å². The van der Waals surface area contributed by atoms with E-state index in [1.54, 1.807) is 0 Å². The molecule has 3 nitrogen and oxygen atoms in total. The fourth-order valence-electron chi connectivity index (χ4n) is 1.76. The van der Waals surface area contributed by atoms with Gasteiger partial charge < -0.3 is 15.4 Å². The van der Waals surface area contributed by atoms with E-state index in [9.17, 15) is 0 Å². The zero-order chi connectivity index (χ0) is 11.1. The molecule has 1 fully saturated rings. The third-order valence-corrected chi connectivity index (χ3v) is 2.60. The number of ether oxygens (including phenoxy) is 1. The molecule has 0 radical (unpaired) electrons. The highest BCUT2D eigenvalue weighted by Gasteiger charge is 2.13. The van der Waals surface area contributed by atoms with Crippen molar-refractivity contribution in [1.29, 1.82) is 0 Å². The van der Waals surface area contributed by atoms with E-state index in [2.05, 4.69) is 31.4 Å². The molecule has 3 heteroatoms. The van der Waals surface area contributed by atoms with Gasteiger partial charge >= 0.3 is 0 Å². The van der Waals surface area contributed by atoms with E-state index in [0.717, 1.165) is 26.2 Å². The Bertz CT molecular complexity index is 159. The topological polar surface area (TPSA) is 33.3 Å². The summed E-state index contributed by atoms with van der Waals surface area (Å²) in [6.45, 7) is 10.6. The van der Waals surface area contributed by atoms with Crippen LogP contribution in [-0.4, -0.2) is 37.9 Å². The van der Waals surface area contributed by atoms with Gasteiger partial charge in [-0.2, -0.15) is 0 Å². The van der Waals surface area contributed by atoms with Crippen LogP contribution in [0.1, 0.15) is 40.0 Å². The molecule has 0 bridgehead atoms. The molecule has 0 spiro atoms. The zero-order valence-corrected chi connectivity index (χ0v) is 10.4. The van der Waals surface area contributed by atoms with Gasteiger partial charge in [0.15, 0.2) is 0 Å². The van der Waals surface area contributed by atoms with E-state index >= 15 is 0 Å². The highest BCUT2D eigenvalue weighted by atomic mass is 16.5. The minimum absolute atomic E-state index is 0.225. The average Bonchev–Trinajstić information content (AvgIpc) is 2.17. The zero-order valence-electron chi connectivity index (χ0n) is 10.4. The molecule has 0 aromatic carbocycles. The van der Waals surface area contributed by atoms with Crippen LogP contribution in [0.5, 0.6) is 0 Å². The molecule has 15 heavy (non-hydrogen) atoms. The lowest BCUT2D eigenvalue weighted by atomic mass is 10.1. The first-order valence-corrected chi connectivity index (χ1v) is 6.15. The summed E-state index contributed by atoms with van der Waals surface area (Å²) in [5, 5.41) is 6.90. The highest BCUT2D eigenvalue weighted by molar-refractivity contribution is 4.71. The number of hydrogen-bond donors (Lipinski definition) is 2. The minimum Gasteiger partial charge on any atom is -0.377 e. The van der Waals surface area contributed by atoms with E-state index < -0.39 is 0 Å². The summed E-state index contributed by atoms with van der Waals surface area (Å²) in [5.74, 6) is 0. The second kappa shape index (κ2) is 6.46. The molecule has 1 saturated heterocycles. The monoisotopic (exact) mass is 214 g/mol. The summed E-state index contributed by atoms with van der Waals surface area (Å²) in [6, 6.07) is 0. The Hall–Kier alpha value is -0.120. The lowest BCUT2D eigenvalue weighted by molar-refractivity contribution is 0.0171. The van der Waals surface area contributed by atoms with Crippen LogP contribution in [0.25, 0.3) is 0 Å². The predicted octanol–water partition coefficient (Wildman–Crippen LogP) is 1.53. The SMILES string of the molecule is CC(C)(C)NCCNCC1CCCCO1. The van der Waals surface area contributed by atoms with Crippen molar-refractivity contribution < 1.29 is 4.74 Å². The number of hydrogen-bond acceptors (Lipinski definition) is 3. The molecule has 0 aromatic heterocycles. The molecule has 1 heterocycles. The van der Waals surface area contributed by atoms with Gasteiger partial charge in [0.25, 0.3) is 0 Å². The standard InChI is InChI=1S/C12H26N2O/c1-12(2,3)14-8-7-13-10-11-6-4-5-9-15-11/h11,13-14H,4-10H2,1-3H3. The first-order chi connectivity index (χ1) is 7.08. The fourth-order valence-corrected chi connectivity index (χ4v) is 1.76. The van der Waals surface area contributed by atoms with Crippen LogP contribution in [-0.2, 0) is 4.74 Å². The predicted molar refractivity (Wildman–Crippen MR) is 64.2 cm³/mol. The maximum absolute atomic E-state index is 5.64. The Morgan fingerprint density at radius 3 is 2.60 bits per heavy atom. The van der Waals surface area contributed by atoms with Crippen LogP contribution in [0.15, 0.2) is 0 Å². The van der Waals surface area contributed by atoms with Crippen molar-refractivity contribution in [3.05, 3.63) is 0 Å². The van der Waals surface area contributed by atoms with E-state index in [1.165, 1.54) is 19.3 Å². The Balaban J connectivity index is 1.92. The fraction of sp³-hybridized carbons (Fsp3) is 1.00. The molecule has 0 aliphatic carbocycles. The van der Waals surface area contributed by atoms with Crippen molar-refractivity contribution in [2.45, 2.75) is 51.7 Å². The molecular weight excluding hydrogens is 188 g/mol. The first kappa shape index (κ1) is 12.9. The van der Waals surface area contributed by atoms with Crippen molar-refractivity contribution >= 4 is 0 Å². The summed E-state index contributed by atoms with van der Waals surface area (Å²) >= 11 is 0. The second-order valence-corrected chi connectivity index (χ2v) is 5.37. The van der Waals surface area contributed by atoms with Crippen LogP contribution in [0.2, 0.25) is 0 Å². The number of nitrogens with one attached hydrogen (secondary N) is 2. The van der Waals surface area contributed by atoms with Gasteiger partial charge in [0, 0.05) is 31.8 Å². The quantitative estimate of drug-likeness (QED) is 0.681. The van der Waals surface area contributed by atoms with Gasteiger partial charge in [-0.15, -0.1) is 0 Å². The molecule has 1 atom stereocenters. The minimum atomic E-state index is 0.225. The summed E-state index contributed by atoms with van der Waals surface area (Å²) in [6.07, 6.45) is 4.24. The Morgan fingerprint density at radius 2 is 2.00 bits per heavy atom. The summed E-state index contributed by atoms with van der Waals surface area (Å²) in [4.78, 5) is 0. The summed E-state index contributed by atoms with van der Waals surface area (Å²) in [7, 11) is 0. The van der Waals surface area contributed by atoms with Crippen LogP contribution in [0.4, 0.5) is 0 Å². The van der Waals surface area contributed by atoms with Crippen LogP contribution in [0, 0.1) is 0 Å². The first-order valence-electron chi connectivity index (χ1n) is 6.15. The third kappa shape index (κ3) is 6.88. The van der Waals surface area contributed by atoms with Gasteiger partial charge in [0.2, 0.25) is 0 Å². The maximum Gasteiger partial charge on any atom is 0.0699 e. The molecule has 1 aliphatic rings. The Kier molecular flexibility index (Phi) is 5.58.